The van der Waals surface area contributed by atoms with Crippen molar-refractivity contribution in [2.45, 2.75) is 13.5 Å². The highest BCUT2D eigenvalue weighted by molar-refractivity contribution is 6.33. The summed E-state index contributed by atoms with van der Waals surface area (Å²) >= 11 is 6.03. The molecule has 0 aliphatic carbocycles. The van der Waals surface area contributed by atoms with Gasteiger partial charge in [-0.2, -0.15) is 4.98 Å². The van der Waals surface area contributed by atoms with Crippen LogP contribution in [-0.2, 0) is 11.3 Å². The fourth-order valence-electron chi connectivity index (χ4n) is 3.45. The maximum Gasteiger partial charge on any atom is 0.258 e. The summed E-state index contributed by atoms with van der Waals surface area (Å²) in [5, 5.41) is 4.32. The molecule has 1 amide bonds. The summed E-state index contributed by atoms with van der Waals surface area (Å²) in [7, 11) is 1.66. The normalized spacial score (nSPS) is 10.9. The van der Waals surface area contributed by atoms with Crippen molar-refractivity contribution in [1.82, 2.24) is 10.1 Å². The van der Waals surface area contributed by atoms with Crippen LogP contribution in [0.1, 0.15) is 21.5 Å². The lowest BCUT2D eigenvalue weighted by Gasteiger charge is -2.12. The minimum Gasteiger partial charge on any atom is -0.380 e. The number of benzene rings is 3. The number of rotatable bonds is 6. The van der Waals surface area contributed by atoms with Crippen LogP contribution in [0.4, 0.5) is 0 Å². The number of carbonyl (C=O) groups excluding carboxylic acids is 1. The largest absolute Gasteiger partial charge is 0.380 e. The molecule has 0 spiro atoms. The predicted molar refractivity (Wildman–Crippen MR) is 120 cm³/mol. The van der Waals surface area contributed by atoms with Gasteiger partial charge in [0.15, 0.2) is 0 Å². The van der Waals surface area contributed by atoms with Gasteiger partial charge in [-0.15, -0.1) is 0 Å². The predicted octanol–water partition coefficient (Wildman–Crippen LogP) is 5.28. The van der Waals surface area contributed by atoms with Gasteiger partial charge in [0.25, 0.3) is 5.89 Å². The zero-order valence-corrected chi connectivity index (χ0v) is 17.8. The number of amides is 1. The van der Waals surface area contributed by atoms with E-state index in [1.807, 2.05) is 30.3 Å². The van der Waals surface area contributed by atoms with Gasteiger partial charge in [-0.25, -0.2) is 0 Å². The molecule has 1 aromatic heterocycles. The van der Waals surface area contributed by atoms with Crippen LogP contribution in [0, 0.1) is 6.92 Å². The first-order chi connectivity index (χ1) is 15.0. The Morgan fingerprint density at radius 1 is 1.06 bits per heavy atom. The van der Waals surface area contributed by atoms with Gasteiger partial charge < -0.3 is 15.0 Å². The number of primary amides is 1. The van der Waals surface area contributed by atoms with Crippen molar-refractivity contribution in [1.29, 1.82) is 0 Å². The summed E-state index contributed by atoms with van der Waals surface area (Å²) in [5.41, 5.74) is 11.4. The molecule has 6 nitrogen and oxygen atoms in total. The van der Waals surface area contributed by atoms with Gasteiger partial charge in [0, 0.05) is 18.2 Å². The topological polar surface area (TPSA) is 91.2 Å². The Hall–Kier alpha value is -3.48. The summed E-state index contributed by atoms with van der Waals surface area (Å²) in [6.07, 6.45) is 0. The van der Waals surface area contributed by atoms with E-state index in [9.17, 15) is 4.79 Å². The number of halogens is 1. The zero-order valence-electron chi connectivity index (χ0n) is 17.1. The van der Waals surface area contributed by atoms with E-state index >= 15 is 0 Å². The Labute approximate surface area is 184 Å². The van der Waals surface area contributed by atoms with Crippen LogP contribution in [0.15, 0.2) is 65.2 Å². The van der Waals surface area contributed by atoms with Crippen molar-refractivity contribution in [3.63, 3.8) is 0 Å². The van der Waals surface area contributed by atoms with Gasteiger partial charge in [-0.3, -0.25) is 4.79 Å². The molecule has 0 unspecified atom stereocenters. The first-order valence-electron chi connectivity index (χ1n) is 9.59. The van der Waals surface area contributed by atoms with E-state index in [0.29, 0.717) is 23.9 Å². The minimum absolute atomic E-state index is 0.204. The van der Waals surface area contributed by atoms with Gasteiger partial charge in [-0.1, -0.05) is 47.1 Å². The fraction of sp³-hybridized carbons (Fsp3) is 0.125. The van der Waals surface area contributed by atoms with Crippen molar-refractivity contribution in [2.75, 3.05) is 7.11 Å². The Balaban J connectivity index is 1.72. The highest BCUT2D eigenvalue weighted by Crippen LogP contribution is 2.32. The maximum atomic E-state index is 11.6. The highest BCUT2D eigenvalue weighted by atomic mass is 35.5. The van der Waals surface area contributed by atoms with Gasteiger partial charge >= 0.3 is 0 Å². The van der Waals surface area contributed by atoms with E-state index in [1.54, 1.807) is 25.3 Å². The highest BCUT2D eigenvalue weighted by Gasteiger charge is 2.16. The monoisotopic (exact) mass is 433 g/mol. The van der Waals surface area contributed by atoms with Crippen LogP contribution >= 0.6 is 11.6 Å². The smallest absolute Gasteiger partial charge is 0.258 e. The number of methoxy groups -OCH3 is 1. The van der Waals surface area contributed by atoms with E-state index in [2.05, 4.69) is 29.2 Å². The van der Waals surface area contributed by atoms with Crippen molar-refractivity contribution < 1.29 is 14.1 Å². The van der Waals surface area contributed by atoms with Gasteiger partial charge in [0.05, 0.1) is 17.2 Å². The van der Waals surface area contributed by atoms with Gasteiger partial charge in [0.2, 0.25) is 11.7 Å². The van der Waals surface area contributed by atoms with E-state index in [-0.39, 0.29) is 10.6 Å². The molecule has 0 saturated carbocycles. The minimum atomic E-state index is -0.619. The van der Waals surface area contributed by atoms with Crippen molar-refractivity contribution in [3.05, 3.63) is 82.4 Å². The quantitative estimate of drug-likeness (QED) is 0.446. The molecule has 3 aromatic carbocycles. The zero-order chi connectivity index (χ0) is 22.0. The van der Waals surface area contributed by atoms with Crippen LogP contribution in [0.5, 0.6) is 0 Å². The molecule has 31 heavy (non-hydrogen) atoms. The van der Waals surface area contributed by atoms with Crippen molar-refractivity contribution in [2.24, 2.45) is 5.73 Å². The fourth-order valence-corrected chi connectivity index (χ4v) is 3.66. The molecule has 4 aromatic rings. The third kappa shape index (κ3) is 4.21. The average molecular weight is 434 g/mol. The summed E-state index contributed by atoms with van der Waals surface area (Å²) in [5.74, 6) is 0.0799. The number of carbonyl (C=O) groups is 1. The maximum absolute atomic E-state index is 11.6. The Bertz CT molecular complexity index is 1270. The lowest BCUT2D eigenvalue weighted by atomic mass is 9.94. The SMILES string of the molecule is COCc1cc(-c2nc(-c3ccc(Cl)c(C(N)=O)c3)no2)ccc1-c1ccccc1C. The van der Waals surface area contributed by atoms with E-state index in [4.69, 9.17) is 26.6 Å². The lowest BCUT2D eigenvalue weighted by Crippen LogP contribution is -2.11. The molecule has 0 radical (unpaired) electrons. The van der Waals surface area contributed by atoms with E-state index < -0.39 is 5.91 Å². The summed E-state index contributed by atoms with van der Waals surface area (Å²) in [6.45, 7) is 2.52. The second-order valence-corrected chi connectivity index (χ2v) is 7.51. The van der Waals surface area contributed by atoms with Crippen LogP contribution < -0.4 is 5.73 Å². The molecule has 0 aliphatic rings. The van der Waals surface area contributed by atoms with Gasteiger partial charge in [-0.05, 0) is 59.5 Å². The number of aryl methyl sites for hydroxylation is 1. The Kier molecular flexibility index (Phi) is 5.84. The summed E-state index contributed by atoms with van der Waals surface area (Å²) in [6, 6.07) is 19.0. The van der Waals surface area contributed by atoms with Crippen LogP contribution in [0.3, 0.4) is 0 Å². The molecule has 0 bridgehead atoms. The molecule has 4 rings (SSSR count). The first kappa shape index (κ1) is 20.8. The molecule has 0 aliphatic heterocycles. The van der Waals surface area contributed by atoms with Crippen LogP contribution in [0.25, 0.3) is 34.0 Å². The standard InChI is InChI=1S/C24H20ClN3O3/c1-14-5-3-4-6-18(14)19-9-7-16(11-17(19)13-30-2)24-27-23(28-31-24)15-8-10-21(25)20(12-15)22(26)29/h3-12H,13H2,1-2H3,(H2,26,29). The lowest BCUT2D eigenvalue weighted by molar-refractivity contribution is 0.100. The Morgan fingerprint density at radius 3 is 2.58 bits per heavy atom. The molecule has 2 N–H and O–H groups in total. The third-order valence-electron chi connectivity index (χ3n) is 5.00. The third-order valence-corrected chi connectivity index (χ3v) is 5.33. The molecule has 1 heterocycles. The first-order valence-corrected chi connectivity index (χ1v) is 9.97. The number of hydrogen-bond donors (Lipinski definition) is 1. The number of nitrogens with two attached hydrogens (primary N) is 1. The molecule has 0 fully saturated rings. The molecule has 156 valence electrons. The van der Waals surface area contributed by atoms with E-state index in [1.165, 1.54) is 5.56 Å². The second-order valence-electron chi connectivity index (χ2n) is 7.10. The molecular formula is C24H20ClN3O3. The summed E-state index contributed by atoms with van der Waals surface area (Å²) < 4.78 is 10.9. The summed E-state index contributed by atoms with van der Waals surface area (Å²) in [4.78, 5) is 16.1. The van der Waals surface area contributed by atoms with E-state index in [0.717, 1.165) is 22.3 Å². The van der Waals surface area contributed by atoms with Crippen molar-refractivity contribution in [3.8, 4) is 34.0 Å². The number of ether oxygens (including phenoxy) is 1. The van der Waals surface area contributed by atoms with Crippen LogP contribution in [-0.4, -0.2) is 23.2 Å². The van der Waals surface area contributed by atoms with Gasteiger partial charge in [0.1, 0.15) is 0 Å². The van der Waals surface area contributed by atoms with Crippen LogP contribution in [0.2, 0.25) is 5.02 Å². The molecule has 0 atom stereocenters. The molecule has 0 saturated heterocycles. The second kappa shape index (κ2) is 8.71. The molecular weight excluding hydrogens is 414 g/mol. The average Bonchev–Trinajstić information content (AvgIpc) is 3.25. The molecule has 7 heteroatoms. The Morgan fingerprint density at radius 2 is 1.84 bits per heavy atom. The van der Waals surface area contributed by atoms with Crippen molar-refractivity contribution >= 4 is 17.5 Å². The number of nitrogens with zero attached hydrogens (tertiary/aromatic N) is 2. The number of hydrogen-bond acceptors (Lipinski definition) is 5. The number of aromatic nitrogens is 2.